The summed E-state index contributed by atoms with van der Waals surface area (Å²) in [5, 5.41) is 0. The molecule has 0 aromatic heterocycles. The Morgan fingerprint density at radius 1 is 1.73 bits per heavy atom. The van der Waals surface area contributed by atoms with E-state index in [0.29, 0.717) is 24.0 Å². The molecular formula is C10H16O. The van der Waals surface area contributed by atoms with E-state index in [1.54, 1.807) is 0 Å². The van der Waals surface area contributed by atoms with E-state index in [1.165, 1.54) is 12.8 Å². The molecule has 1 aliphatic rings. The molecule has 1 aliphatic carbocycles. The molecule has 1 unspecified atom stereocenters. The van der Waals surface area contributed by atoms with Crippen LogP contribution in [0.1, 0.15) is 32.6 Å². The number of hydrogen-bond donors (Lipinski definition) is 0. The van der Waals surface area contributed by atoms with Crippen molar-refractivity contribution in [2.45, 2.75) is 32.6 Å². The fourth-order valence-electron chi connectivity index (χ4n) is 1.33. The monoisotopic (exact) mass is 152 g/mol. The van der Waals surface area contributed by atoms with Crippen molar-refractivity contribution >= 4 is 5.78 Å². The van der Waals surface area contributed by atoms with Crippen LogP contribution in [0.5, 0.6) is 0 Å². The minimum absolute atomic E-state index is 0.315. The zero-order valence-electron chi connectivity index (χ0n) is 7.18. The van der Waals surface area contributed by atoms with Gasteiger partial charge >= 0.3 is 0 Å². The van der Waals surface area contributed by atoms with E-state index in [4.69, 9.17) is 0 Å². The maximum atomic E-state index is 11.3. The highest BCUT2D eigenvalue weighted by Gasteiger charge is 2.31. The number of Topliss-reactive ketones (excluding diaryl/α,β-unsaturated/α-hetero) is 1. The Bertz CT molecular complexity index is 156. The van der Waals surface area contributed by atoms with Gasteiger partial charge in [-0.3, -0.25) is 4.79 Å². The molecule has 1 fully saturated rings. The van der Waals surface area contributed by atoms with Crippen LogP contribution in [0.2, 0.25) is 0 Å². The first-order valence-electron chi connectivity index (χ1n) is 4.39. The second-order valence-corrected chi connectivity index (χ2v) is 3.42. The smallest absolute Gasteiger partial charge is 0.136 e. The molecule has 0 aromatic rings. The van der Waals surface area contributed by atoms with Gasteiger partial charge in [-0.05, 0) is 25.2 Å². The van der Waals surface area contributed by atoms with Crippen molar-refractivity contribution < 1.29 is 4.79 Å². The lowest BCUT2D eigenvalue weighted by molar-refractivity contribution is -0.122. The lowest BCUT2D eigenvalue weighted by Crippen LogP contribution is -2.11. The Balaban J connectivity index is 2.21. The van der Waals surface area contributed by atoms with E-state index in [9.17, 15) is 4.79 Å². The molecular weight excluding hydrogens is 136 g/mol. The van der Waals surface area contributed by atoms with E-state index in [-0.39, 0.29) is 0 Å². The number of carbonyl (C=O) groups is 1. The van der Waals surface area contributed by atoms with Gasteiger partial charge < -0.3 is 0 Å². The Morgan fingerprint density at radius 2 is 2.36 bits per heavy atom. The standard InChI is InChI=1S/C10H16O/c1-3-4-5-10(11)8(2)9-6-7-9/h3,8-9H,1,4-7H2,2H3. The van der Waals surface area contributed by atoms with Crippen LogP contribution in [-0.4, -0.2) is 5.78 Å². The summed E-state index contributed by atoms with van der Waals surface area (Å²) in [5.41, 5.74) is 0. The number of allylic oxidation sites excluding steroid dienone is 1. The summed E-state index contributed by atoms with van der Waals surface area (Å²) in [4.78, 5) is 11.3. The van der Waals surface area contributed by atoms with Crippen LogP contribution in [0, 0.1) is 11.8 Å². The van der Waals surface area contributed by atoms with E-state index in [0.717, 1.165) is 6.42 Å². The summed E-state index contributed by atoms with van der Waals surface area (Å²) in [5.74, 6) is 1.45. The normalized spacial score (nSPS) is 19.4. The summed E-state index contributed by atoms with van der Waals surface area (Å²) >= 11 is 0. The van der Waals surface area contributed by atoms with E-state index >= 15 is 0 Å². The van der Waals surface area contributed by atoms with Crippen LogP contribution >= 0.6 is 0 Å². The van der Waals surface area contributed by atoms with Crippen LogP contribution < -0.4 is 0 Å². The first-order chi connectivity index (χ1) is 5.25. The highest BCUT2D eigenvalue weighted by molar-refractivity contribution is 5.81. The Labute approximate surface area is 68.5 Å². The largest absolute Gasteiger partial charge is 0.299 e. The molecule has 62 valence electrons. The van der Waals surface area contributed by atoms with E-state index in [1.807, 2.05) is 6.08 Å². The second kappa shape index (κ2) is 3.70. The number of hydrogen-bond acceptors (Lipinski definition) is 1. The molecule has 0 heterocycles. The minimum Gasteiger partial charge on any atom is -0.299 e. The molecule has 1 rings (SSSR count). The van der Waals surface area contributed by atoms with Gasteiger partial charge in [0.05, 0.1) is 0 Å². The van der Waals surface area contributed by atoms with Gasteiger partial charge in [0.2, 0.25) is 0 Å². The molecule has 0 aromatic carbocycles. The average molecular weight is 152 g/mol. The molecule has 0 radical (unpaired) electrons. The van der Waals surface area contributed by atoms with Gasteiger partial charge in [0.25, 0.3) is 0 Å². The summed E-state index contributed by atoms with van der Waals surface area (Å²) < 4.78 is 0. The summed E-state index contributed by atoms with van der Waals surface area (Å²) in [7, 11) is 0. The van der Waals surface area contributed by atoms with Crippen molar-refractivity contribution in [1.29, 1.82) is 0 Å². The third-order valence-electron chi connectivity index (χ3n) is 2.43. The molecule has 1 nitrogen and oxygen atoms in total. The summed E-state index contributed by atoms with van der Waals surface area (Å²) in [6.07, 6.45) is 5.89. The summed E-state index contributed by atoms with van der Waals surface area (Å²) in [6.45, 7) is 5.66. The van der Waals surface area contributed by atoms with Gasteiger partial charge in [-0.15, -0.1) is 6.58 Å². The predicted molar refractivity (Wildman–Crippen MR) is 46.3 cm³/mol. The Kier molecular flexibility index (Phi) is 2.86. The van der Waals surface area contributed by atoms with Crippen molar-refractivity contribution in [1.82, 2.24) is 0 Å². The van der Waals surface area contributed by atoms with Crippen LogP contribution in [0.3, 0.4) is 0 Å². The maximum Gasteiger partial charge on any atom is 0.136 e. The van der Waals surface area contributed by atoms with Crippen molar-refractivity contribution in [3.63, 3.8) is 0 Å². The van der Waals surface area contributed by atoms with Gasteiger partial charge in [-0.2, -0.15) is 0 Å². The third-order valence-corrected chi connectivity index (χ3v) is 2.43. The highest BCUT2D eigenvalue weighted by Crippen LogP contribution is 2.37. The molecule has 0 bridgehead atoms. The lowest BCUT2D eigenvalue weighted by atomic mass is 9.98. The van der Waals surface area contributed by atoms with Gasteiger partial charge in [0, 0.05) is 12.3 Å². The summed E-state index contributed by atoms with van der Waals surface area (Å²) in [6, 6.07) is 0. The quantitative estimate of drug-likeness (QED) is 0.553. The van der Waals surface area contributed by atoms with Crippen molar-refractivity contribution in [2.75, 3.05) is 0 Å². The van der Waals surface area contributed by atoms with E-state index in [2.05, 4.69) is 13.5 Å². The van der Waals surface area contributed by atoms with E-state index < -0.39 is 0 Å². The van der Waals surface area contributed by atoms with Gasteiger partial charge in [-0.1, -0.05) is 13.0 Å². The number of ketones is 1. The lowest BCUT2D eigenvalue weighted by Gasteiger charge is -2.06. The van der Waals surface area contributed by atoms with Gasteiger partial charge in [-0.25, -0.2) is 0 Å². The minimum atomic E-state index is 0.315. The SMILES string of the molecule is C=CCCC(=O)C(C)C1CC1. The highest BCUT2D eigenvalue weighted by atomic mass is 16.1. The molecule has 0 spiro atoms. The number of carbonyl (C=O) groups excluding carboxylic acids is 1. The Morgan fingerprint density at radius 3 is 2.82 bits per heavy atom. The fourth-order valence-corrected chi connectivity index (χ4v) is 1.33. The van der Waals surface area contributed by atoms with Crippen LogP contribution in [0.15, 0.2) is 12.7 Å². The van der Waals surface area contributed by atoms with Crippen molar-refractivity contribution in [2.24, 2.45) is 11.8 Å². The molecule has 0 aliphatic heterocycles. The van der Waals surface area contributed by atoms with Crippen LogP contribution in [-0.2, 0) is 4.79 Å². The molecule has 0 amide bonds. The fraction of sp³-hybridized carbons (Fsp3) is 0.700. The molecule has 1 atom stereocenters. The second-order valence-electron chi connectivity index (χ2n) is 3.42. The molecule has 0 saturated heterocycles. The van der Waals surface area contributed by atoms with Crippen molar-refractivity contribution in [3.8, 4) is 0 Å². The molecule has 1 saturated carbocycles. The van der Waals surface area contributed by atoms with Crippen molar-refractivity contribution in [3.05, 3.63) is 12.7 Å². The number of rotatable bonds is 5. The third kappa shape index (κ3) is 2.49. The zero-order chi connectivity index (χ0) is 8.27. The predicted octanol–water partition coefficient (Wildman–Crippen LogP) is 2.57. The van der Waals surface area contributed by atoms with Crippen LogP contribution in [0.25, 0.3) is 0 Å². The average Bonchev–Trinajstić information content (AvgIpc) is 2.81. The Hall–Kier alpha value is -0.590. The topological polar surface area (TPSA) is 17.1 Å². The van der Waals surface area contributed by atoms with Gasteiger partial charge in [0.15, 0.2) is 0 Å². The maximum absolute atomic E-state index is 11.3. The zero-order valence-corrected chi connectivity index (χ0v) is 7.18. The van der Waals surface area contributed by atoms with Crippen LogP contribution in [0.4, 0.5) is 0 Å². The molecule has 11 heavy (non-hydrogen) atoms. The first-order valence-corrected chi connectivity index (χ1v) is 4.39. The first kappa shape index (κ1) is 8.51. The van der Waals surface area contributed by atoms with Gasteiger partial charge in [0.1, 0.15) is 5.78 Å². The molecule has 1 heteroatoms. The molecule has 0 N–H and O–H groups in total.